The summed E-state index contributed by atoms with van der Waals surface area (Å²) < 4.78 is 25.6. The van der Waals surface area contributed by atoms with E-state index in [1.165, 1.54) is 9.87 Å². The summed E-state index contributed by atoms with van der Waals surface area (Å²) in [6.45, 7) is 4.52. The van der Waals surface area contributed by atoms with Crippen molar-refractivity contribution >= 4 is 15.9 Å². The predicted molar refractivity (Wildman–Crippen MR) is 111 cm³/mol. The molecule has 0 radical (unpaired) electrons. The molecule has 1 heterocycles. The van der Waals surface area contributed by atoms with Crippen LogP contribution >= 0.6 is 0 Å². The fourth-order valence-corrected chi connectivity index (χ4v) is 4.73. The summed E-state index contributed by atoms with van der Waals surface area (Å²) in [5.74, 6) is -0.0733. The fraction of sp³-hybridized carbons (Fsp3) is 0.409. The van der Waals surface area contributed by atoms with Crippen molar-refractivity contribution in [1.29, 1.82) is 0 Å². The first-order valence-corrected chi connectivity index (χ1v) is 11.4. The van der Waals surface area contributed by atoms with Crippen LogP contribution in [0.5, 0.6) is 0 Å². The quantitative estimate of drug-likeness (QED) is 0.809. The molecule has 1 amide bonds. The molecule has 1 aliphatic rings. The highest BCUT2D eigenvalue weighted by molar-refractivity contribution is 7.89. The zero-order chi connectivity index (χ0) is 20.1. The van der Waals surface area contributed by atoms with Crippen LogP contribution in [0.25, 0.3) is 0 Å². The molecule has 1 unspecified atom stereocenters. The van der Waals surface area contributed by atoms with Gasteiger partial charge in [-0.15, -0.1) is 0 Å². The molecule has 2 aromatic carbocycles. The van der Waals surface area contributed by atoms with Crippen molar-refractivity contribution in [3.8, 4) is 0 Å². The smallest absolute Gasteiger partial charge is 0.223 e. The van der Waals surface area contributed by atoms with E-state index in [4.69, 9.17) is 0 Å². The number of benzene rings is 2. The van der Waals surface area contributed by atoms with Crippen LogP contribution in [0.15, 0.2) is 54.6 Å². The van der Waals surface area contributed by atoms with Gasteiger partial charge in [0.1, 0.15) is 0 Å². The van der Waals surface area contributed by atoms with Crippen molar-refractivity contribution in [3.63, 3.8) is 0 Å². The van der Waals surface area contributed by atoms with E-state index in [1.54, 1.807) is 6.92 Å². The van der Waals surface area contributed by atoms with Crippen molar-refractivity contribution in [1.82, 2.24) is 9.62 Å². The maximum Gasteiger partial charge on any atom is 0.223 e. The van der Waals surface area contributed by atoms with Crippen molar-refractivity contribution in [2.75, 3.05) is 18.8 Å². The number of sulfonamides is 1. The number of carbonyl (C=O) groups excluding carboxylic acids is 1. The molecule has 6 heteroatoms. The molecule has 1 N–H and O–H groups in total. The minimum Gasteiger partial charge on any atom is -0.345 e. The van der Waals surface area contributed by atoms with E-state index < -0.39 is 10.0 Å². The number of piperidine rings is 1. The van der Waals surface area contributed by atoms with E-state index in [1.807, 2.05) is 61.5 Å². The molecule has 1 atom stereocenters. The highest BCUT2D eigenvalue weighted by atomic mass is 32.2. The minimum absolute atomic E-state index is 0.0111. The molecule has 0 bridgehead atoms. The Morgan fingerprint density at radius 3 is 2.18 bits per heavy atom. The topological polar surface area (TPSA) is 66.5 Å². The Labute approximate surface area is 167 Å². The third kappa shape index (κ3) is 4.80. The van der Waals surface area contributed by atoms with Crippen LogP contribution < -0.4 is 5.32 Å². The standard InChI is InChI=1S/C22H28N2O3S/c1-3-28(26,27)24-15-13-20(14-16-24)22(25)23-21(18-7-5-4-6-8-18)19-11-9-17(2)10-12-19/h4-12,20-21H,3,13-16H2,1-2H3,(H,23,25). The fourth-order valence-electron chi connectivity index (χ4n) is 3.60. The van der Waals surface area contributed by atoms with Crippen LogP contribution in [0.3, 0.4) is 0 Å². The Morgan fingerprint density at radius 1 is 1.04 bits per heavy atom. The van der Waals surface area contributed by atoms with Gasteiger partial charge < -0.3 is 5.32 Å². The molecule has 1 saturated heterocycles. The monoisotopic (exact) mass is 400 g/mol. The Morgan fingerprint density at radius 2 is 1.61 bits per heavy atom. The highest BCUT2D eigenvalue weighted by Gasteiger charge is 2.31. The van der Waals surface area contributed by atoms with Crippen LogP contribution in [-0.4, -0.2) is 37.5 Å². The molecule has 0 aromatic heterocycles. The Kier molecular flexibility index (Phi) is 6.52. The number of hydrogen-bond acceptors (Lipinski definition) is 3. The molecule has 1 aliphatic heterocycles. The van der Waals surface area contributed by atoms with Crippen LogP contribution in [-0.2, 0) is 14.8 Å². The molecule has 0 spiro atoms. The summed E-state index contributed by atoms with van der Waals surface area (Å²) >= 11 is 0. The minimum atomic E-state index is -3.18. The molecule has 1 fully saturated rings. The summed E-state index contributed by atoms with van der Waals surface area (Å²) in [6.07, 6.45) is 1.11. The van der Waals surface area contributed by atoms with Gasteiger partial charge in [-0.25, -0.2) is 12.7 Å². The number of rotatable bonds is 6. The van der Waals surface area contributed by atoms with E-state index in [-0.39, 0.29) is 23.6 Å². The van der Waals surface area contributed by atoms with E-state index >= 15 is 0 Å². The molecule has 3 rings (SSSR count). The maximum atomic E-state index is 13.0. The molecule has 0 saturated carbocycles. The second-order valence-corrected chi connectivity index (χ2v) is 9.59. The third-order valence-electron chi connectivity index (χ3n) is 5.41. The summed E-state index contributed by atoms with van der Waals surface area (Å²) in [4.78, 5) is 13.0. The van der Waals surface area contributed by atoms with Gasteiger partial charge in [0.25, 0.3) is 0 Å². The van der Waals surface area contributed by atoms with E-state index in [0.29, 0.717) is 25.9 Å². The number of aryl methyl sites for hydroxylation is 1. The second kappa shape index (κ2) is 8.88. The normalized spacial score (nSPS) is 17.2. The SMILES string of the molecule is CCS(=O)(=O)N1CCC(C(=O)NC(c2ccccc2)c2ccc(C)cc2)CC1. The van der Waals surface area contributed by atoms with Crippen molar-refractivity contribution in [2.24, 2.45) is 5.92 Å². The summed E-state index contributed by atoms with van der Waals surface area (Å²) in [7, 11) is -3.18. The Bertz CT molecular complexity index is 887. The Hall–Kier alpha value is -2.18. The molecular weight excluding hydrogens is 372 g/mol. The average molecular weight is 401 g/mol. The highest BCUT2D eigenvalue weighted by Crippen LogP contribution is 2.25. The average Bonchev–Trinajstić information content (AvgIpc) is 2.73. The van der Waals surface area contributed by atoms with Gasteiger partial charge in [-0.05, 0) is 37.8 Å². The first kappa shape index (κ1) is 20.6. The maximum absolute atomic E-state index is 13.0. The third-order valence-corrected chi connectivity index (χ3v) is 7.29. The zero-order valence-corrected chi connectivity index (χ0v) is 17.3. The lowest BCUT2D eigenvalue weighted by Gasteiger charge is -2.31. The van der Waals surface area contributed by atoms with Crippen molar-refractivity contribution in [2.45, 2.75) is 32.7 Å². The number of carbonyl (C=O) groups is 1. The molecule has 0 aliphatic carbocycles. The summed E-state index contributed by atoms with van der Waals surface area (Å²) in [5, 5.41) is 3.20. The first-order chi connectivity index (χ1) is 13.4. The Balaban J connectivity index is 1.73. The van der Waals surface area contributed by atoms with Crippen LogP contribution in [0, 0.1) is 12.8 Å². The van der Waals surface area contributed by atoms with Gasteiger partial charge in [0.2, 0.25) is 15.9 Å². The molecular formula is C22H28N2O3S. The second-order valence-electron chi connectivity index (χ2n) is 7.34. The lowest BCUT2D eigenvalue weighted by Crippen LogP contribution is -2.44. The summed E-state index contributed by atoms with van der Waals surface area (Å²) in [5.41, 5.74) is 3.24. The predicted octanol–water partition coefficient (Wildman–Crippen LogP) is 3.26. The molecule has 2 aromatic rings. The lowest BCUT2D eigenvalue weighted by atomic mass is 9.94. The zero-order valence-electron chi connectivity index (χ0n) is 16.5. The van der Waals surface area contributed by atoms with Crippen LogP contribution in [0.1, 0.15) is 42.5 Å². The van der Waals surface area contributed by atoms with Gasteiger partial charge >= 0.3 is 0 Å². The van der Waals surface area contributed by atoms with Gasteiger partial charge in [-0.1, -0.05) is 60.2 Å². The van der Waals surface area contributed by atoms with Crippen LogP contribution in [0.4, 0.5) is 0 Å². The van der Waals surface area contributed by atoms with Crippen LogP contribution in [0.2, 0.25) is 0 Å². The number of nitrogens with zero attached hydrogens (tertiary/aromatic N) is 1. The van der Waals surface area contributed by atoms with E-state index in [9.17, 15) is 13.2 Å². The number of hydrogen-bond donors (Lipinski definition) is 1. The van der Waals surface area contributed by atoms with Crippen molar-refractivity contribution in [3.05, 3.63) is 71.3 Å². The lowest BCUT2D eigenvalue weighted by molar-refractivity contribution is -0.126. The van der Waals surface area contributed by atoms with E-state index in [0.717, 1.165) is 11.1 Å². The molecule has 150 valence electrons. The number of nitrogens with one attached hydrogen (secondary N) is 1. The van der Waals surface area contributed by atoms with Gasteiger partial charge in [0, 0.05) is 19.0 Å². The largest absolute Gasteiger partial charge is 0.345 e. The molecule has 28 heavy (non-hydrogen) atoms. The first-order valence-electron chi connectivity index (χ1n) is 9.80. The van der Waals surface area contributed by atoms with Gasteiger partial charge in [-0.2, -0.15) is 0 Å². The molecule has 5 nitrogen and oxygen atoms in total. The van der Waals surface area contributed by atoms with Crippen molar-refractivity contribution < 1.29 is 13.2 Å². The van der Waals surface area contributed by atoms with Gasteiger partial charge in [0.15, 0.2) is 0 Å². The van der Waals surface area contributed by atoms with Gasteiger partial charge in [0.05, 0.1) is 11.8 Å². The van der Waals surface area contributed by atoms with E-state index in [2.05, 4.69) is 5.32 Å². The van der Waals surface area contributed by atoms with Gasteiger partial charge in [-0.3, -0.25) is 4.79 Å². The number of amides is 1. The summed E-state index contributed by atoms with van der Waals surface area (Å²) in [6, 6.07) is 17.9.